The van der Waals surface area contributed by atoms with Crippen molar-refractivity contribution in [2.45, 2.75) is 71.9 Å². The van der Waals surface area contributed by atoms with Crippen LogP contribution >= 0.6 is 11.3 Å². The zero-order chi connectivity index (χ0) is 25.7. The van der Waals surface area contributed by atoms with Gasteiger partial charge in [0.15, 0.2) is 5.69 Å². The van der Waals surface area contributed by atoms with E-state index in [0.29, 0.717) is 29.9 Å². The second kappa shape index (κ2) is 8.96. The zero-order valence-electron chi connectivity index (χ0n) is 20.5. The van der Waals surface area contributed by atoms with E-state index in [0.717, 1.165) is 33.2 Å². The van der Waals surface area contributed by atoms with Gasteiger partial charge in [0.25, 0.3) is 0 Å². The van der Waals surface area contributed by atoms with Crippen LogP contribution in [-0.4, -0.2) is 45.3 Å². The smallest absolute Gasteiger partial charge is 0.434 e. The van der Waals surface area contributed by atoms with E-state index in [9.17, 15) is 18.0 Å². The monoisotopic (exact) mass is 507 g/mol. The lowest BCUT2D eigenvalue weighted by atomic mass is 10.0. The number of aromatic nitrogens is 2. The van der Waals surface area contributed by atoms with E-state index in [4.69, 9.17) is 9.47 Å². The summed E-state index contributed by atoms with van der Waals surface area (Å²) in [5.74, 6) is 0.500. The summed E-state index contributed by atoms with van der Waals surface area (Å²) in [6, 6.07) is 5.41. The van der Waals surface area contributed by atoms with Crippen LogP contribution in [0, 0.1) is 13.8 Å². The molecule has 2 aromatic heterocycles. The fourth-order valence-electron chi connectivity index (χ4n) is 4.05. The molecule has 0 bridgehead atoms. The van der Waals surface area contributed by atoms with Crippen LogP contribution in [0.5, 0.6) is 5.75 Å². The number of fused-ring (bicyclic) bond motifs is 1. The first kappa shape index (κ1) is 25.2. The molecule has 3 aromatic rings. The topological polar surface area (TPSA) is 64.5 Å². The Balaban J connectivity index is 1.69. The Morgan fingerprint density at radius 2 is 1.89 bits per heavy atom. The van der Waals surface area contributed by atoms with Gasteiger partial charge in [-0.15, -0.1) is 11.3 Å². The normalized spacial score (nSPS) is 18.8. The van der Waals surface area contributed by atoms with E-state index in [2.05, 4.69) is 9.97 Å². The summed E-state index contributed by atoms with van der Waals surface area (Å²) in [5.41, 5.74) is 1.34. The molecule has 0 radical (unpaired) electrons. The lowest BCUT2D eigenvalue weighted by Crippen LogP contribution is -2.39. The quantitative estimate of drug-likeness (QED) is 0.391. The highest BCUT2D eigenvalue weighted by Gasteiger charge is 2.37. The van der Waals surface area contributed by atoms with Crippen molar-refractivity contribution in [2.75, 3.05) is 6.54 Å². The second-order valence-corrected chi connectivity index (χ2v) is 10.8. The van der Waals surface area contributed by atoms with Crippen LogP contribution < -0.4 is 4.74 Å². The number of aryl methyl sites for hydroxylation is 2. The number of amides is 1. The molecule has 1 aromatic carbocycles. The summed E-state index contributed by atoms with van der Waals surface area (Å²) in [5, 5.41) is 1.91. The maximum absolute atomic E-state index is 13.1. The number of ether oxygens (including phenoxy) is 2. The number of pyridine rings is 1. The van der Waals surface area contributed by atoms with Crippen molar-refractivity contribution in [3.8, 4) is 16.5 Å². The molecule has 1 unspecified atom stereocenters. The molecule has 0 aliphatic carbocycles. The number of halogens is 3. The Labute approximate surface area is 206 Å². The van der Waals surface area contributed by atoms with Crippen LogP contribution in [0.25, 0.3) is 21.6 Å². The van der Waals surface area contributed by atoms with Crippen LogP contribution in [0.2, 0.25) is 0 Å². The predicted octanol–water partition coefficient (Wildman–Crippen LogP) is 6.77. The van der Waals surface area contributed by atoms with Gasteiger partial charge in [0.1, 0.15) is 28.2 Å². The molecule has 0 spiro atoms. The van der Waals surface area contributed by atoms with Gasteiger partial charge in [-0.05, 0) is 58.7 Å². The number of carbonyl (C=O) groups is 1. The maximum atomic E-state index is 13.1. The van der Waals surface area contributed by atoms with Crippen LogP contribution in [0.3, 0.4) is 0 Å². The molecule has 3 heterocycles. The molecule has 4 rings (SSSR count). The average Bonchev–Trinajstić information content (AvgIpc) is 3.36. The summed E-state index contributed by atoms with van der Waals surface area (Å²) in [6.45, 7) is 11.6. The number of benzene rings is 1. The molecule has 1 aliphatic rings. The van der Waals surface area contributed by atoms with Crippen molar-refractivity contribution in [3.05, 3.63) is 40.4 Å². The van der Waals surface area contributed by atoms with Crippen molar-refractivity contribution in [1.82, 2.24) is 14.9 Å². The van der Waals surface area contributed by atoms with Crippen LogP contribution in [0.4, 0.5) is 18.0 Å². The number of thiazole rings is 1. The lowest BCUT2D eigenvalue weighted by molar-refractivity contribution is -0.140. The van der Waals surface area contributed by atoms with Gasteiger partial charge in [0.2, 0.25) is 0 Å². The van der Waals surface area contributed by atoms with E-state index < -0.39 is 23.6 Å². The number of likely N-dealkylation sites (tertiary alicyclic amines) is 1. The van der Waals surface area contributed by atoms with E-state index in [-0.39, 0.29) is 17.2 Å². The lowest BCUT2D eigenvalue weighted by Gasteiger charge is -2.26. The van der Waals surface area contributed by atoms with Crippen molar-refractivity contribution in [2.24, 2.45) is 0 Å². The highest BCUT2D eigenvalue weighted by atomic mass is 32.1. The number of rotatable bonds is 3. The van der Waals surface area contributed by atoms with Crippen molar-refractivity contribution < 1.29 is 27.4 Å². The Morgan fingerprint density at radius 3 is 2.51 bits per heavy atom. The highest BCUT2D eigenvalue weighted by molar-refractivity contribution is 7.13. The molecule has 35 heavy (non-hydrogen) atoms. The number of nitrogens with zero attached hydrogens (tertiary/aromatic N) is 3. The number of alkyl halides is 3. The Kier molecular flexibility index (Phi) is 6.46. The molecular formula is C25H28F3N3O3S. The second-order valence-electron chi connectivity index (χ2n) is 9.90. The third-order valence-electron chi connectivity index (χ3n) is 5.94. The fraction of sp³-hybridized carbons (Fsp3) is 0.480. The Hall–Kier alpha value is -2.88. The fourth-order valence-corrected chi connectivity index (χ4v) is 4.83. The van der Waals surface area contributed by atoms with E-state index in [1.54, 1.807) is 11.0 Å². The summed E-state index contributed by atoms with van der Waals surface area (Å²) < 4.78 is 51.3. The first-order valence-electron chi connectivity index (χ1n) is 11.3. The highest BCUT2D eigenvalue weighted by Crippen LogP contribution is 2.38. The van der Waals surface area contributed by atoms with Crippen LogP contribution in [0.1, 0.15) is 50.9 Å². The summed E-state index contributed by atoms with van der Waals surface area (Å²) in [6.07, 6.45) is -4.63. The van der Waals surface area contributed by atoms with Gasteiger partial charge < -0.3 is 14.4 Å². The van der Waals surface area contributed by atoms with E-state index in [1.807, 2.05) is 53.7 Å². The Bertz CT molecular complexity index is 1270. The minimum Gasteiger partial charge on any atom is -0.488 e. The van der Waals surface area contributed by atoms with Crippen molar-refractivity contribution in [3.63, 3.8) is 0 Å². The molecule has 2 atom stereocenters. The maximum Gasteiger partial charge on any atom is 0.434 e. The molecule has 0 saturated carbocycles. The Morgan fingerprint density at radius 1 is 1.17 bits per heavy atom. The third kappa shape index (κ3) is 5.37. The van der Waals surface area contributed by atoms with Gasteiger partial charge >= 0.3 is 12.3 Å². The van der Waals surface area contributed by atoms with Crippen LogP contribution in [0.15, 0.2) is 23.6 Å². The average molecular weight is 508 g/mol. The predicted molar refractivity (Wildman–Crippen MR) is 129 cm³/mol. The van der Waals surface area contributed by atoms with Crippen molar-refractivity contribution in [1.29, 1.82) is 0 Å². The van der Waals surface area contributed by atoms with Crippen LogP contribution in [-0.2, 0) is 10.9 Å². The first-order chi connectivity index (χ1) is 16.2. The van der Waals surface area contributed by atoms with Gasteiger partial charge in [-0.1, -0.05) is 6.07 Å². The first-order valence-corrected chi connectivity index (χ1v) is 12.2. The number of hydrogen-bond acceptors (Lipinski definition) is 6. The largest absolute Gasteiger partial charge is 0.488 e. The molecule has 1 amide bonds. The summed E-state index contributed by atoms with van der Waals surface area (Å²) in [4.78, 5) is 22.7. The molecular weight excluding hydrogens is 479 g/mol. The molecule has 0 N–H and O–H groups in total. The van der Waals surface area contributed by atoms with Gasteiger partial charge in [-0.25, -0.2) is 14.8 Å². The van der Waals surface area contributed by atoms with E-state index in [1.165, 1.54) is 0 Å². The summed E-state index contributed by atoms with van der Waals surface area (Å²) >= 11 is 0.891. The van der Waals surface area contributed by atoms with Gasteiger partial charge in [-0.2, -0.15) is 13.2 Å². The van der Waals surface area contributed by atoms with Gasteiger partial charge in [-0.3, -0.25) is 0 Å². The SMILES string of the molecule is Cc1ccc2c(OC3C[C@H](C)N(C(=O)OC(C)(C)C)C3)cc(-c3nc(C(F)(F)F)cs3)nc2c1C. The zero-order valence-corrected chi connectivity index (χ0v) is 21.3. The molecule has 1 fully saturated rings. The van der Waals surface area contributed by atoms with Crippen molar-refractivity contribution >= 4 is 28.3 Å². The molecule has 1 aliphatic heterocycles. The minimum absolute atomic E-state index is 0.0836. The molecule has 188 valence electrons. The minimum atomic E-state index is -4.53. The summed E-state index contributed by atoms with van der Waals surface area (Å²) in [7, 11) is 0. The van der Waals surface area contributed by atoms with Gasteiger partial charge in [0.05, 0.1) is 12.1 Å². The third-order valence-corrected chi connectivity index (χ3v) is 6.80. The standard InChI is InChI=1S/C25H28F3N3O3S/c1-13-7-8-17-19(33-16-9-14(2)31(11-16)23(32)34-24(4,5)6)10-18(29-21(17)15(13)3)22-30-20(12-35-22)25(26,27)28/h7-8,10,12,14,16H,9,11H2,1-6H3/t14-,16?/m0/s1. The number of carbonyl (C=O) groups excluding carboxylic acids is 1. The van der Waals surface area contributed by atoms with E-state index >= 15 is 0 Å². The number of hydrogen-bond donors (Lipinski definition) is 0. The molecule has 6 nitrogen and oxygen atoms in total. The van der Waals surface area contributed by atoms with Gasteiger partial charge in [0, 0.05) is 29.3 Å². The molecule has 10 heteroatoms. The molecule has 1 saturated heterocycles.